The molecule has 4 rings (SSSR count). The van der Waals surface area contributed by atoms with Crippen LogP contribution >= 0.6 is 0 Å². The molecule has 0 saturated carbocycles. The van der Waals surface area contributed by atoms with E-state index >= 15 is 0 Å². The first-order valence-corrected chi connectivity index (χ1v) is 13.7. The van der Waals surface area contributed by atoms with Gasteiger partial charge < -0.3 is 38.3 Å². The summed E-state index contributed by atoms with van der Waals surface area (Å²) in [7, 11) is 3.13. The van der Waals surface area contributed by atoms with E-state index in [9.17, 15) is 9.90 Å². The lowest BCUT2D eigenvalue weighted by Gasteiger charge is -2.23. The van der Waals surface area contributed by atoms with Crippen LogP contribution in [0.1, 0.15) is 55.6 Å². The van der Waals surface area contributed by atoms with Crippen LogP contribution in [0.25, 0.3) is 6.08 Å². The molecule has 1 unspecified atom stereocenters. The van der Waals surface area contributed by atoms with Crippen molar-refractivity contribution in [1.29, 1.82) is 0 Å². The molecule has 1 saturated heterocycles. The molecule has 9 nitrogen and oxygen atoms in total. The number of rotatable bonds is 7. The minimum Gasteiger partial charge on any atom is -0.497 e. The van der Waals surface area contributed by atoms with Crippen LogP contribution in [0.4, 0.5) is 0 Å². The fourth-order valence-corrected chi connectivity index (χ4v) is 4.72. The molecule has 1 N–H and O–H groups in total. The number of hydrogen-bond acceptors (Lipinski definition) is 9. The predicted octanol–water partition coefficient (Wildman–Crippen LogP) is 5.29. The van der Waals surface area contributed by atoms with Gasteiger partial charge in [0.05, 0.1) is 13.2 Å². The van der Waals surface area contributed by atoms with Crippen molar-refractivity contribution in [3.8, 4) is 17.2 Å². The van der Waals surface area contributed by atoms with Gasteiger partial charge in [-0.05, 0) is 56.5 Å². The number of carbonyl (C=O) groups excluding carboxylic acids is 1. The smallest absolute Gasteiger partial charge is 0.342 e. The lowest BCUT2D eigenvalue weighted by atomic mass is 9.99. The van der Waals surface area contributed by atoms with E-state index in [2.05, 4.69) is 0 Å². The van der Waals surface area contributed by atoms with E-state index in [1.807, 2.05) is 70.2 Å². The highest BCUT2D eigenvalue weighted by atomic mass is 16.8. The molecular weight excluding hydrogens is 528 g/mol. The van der Waals surface area contributed by atoms with Gasteiger partial charge >= 0.3 is 5.97 Å². The van der Waals surface area contributed by atoms with Gasteiger partial charge in [0.1, 0.15) is 47.7 Å². The highest BCUT2D eigenvalue weighted by Gasteiger charge is 2.43. The summed E-state index contributed by atoms with van der Waals surface area (Å²) in [6.07, 6.45) is 5.31. The Hall–Kier alpha value is -3.37. The topological polar surface area (TPSA) is 102 Å². The third-order valence-electron chi connectivity index (χ3n) is 7.08. The molecule has 2 aliphatic rings. The fourth-order valence-electron chi connectivity index (χ4n) is 4.72. The summed E-state index contributed by atoms with van der Waals surface area (Å²) in [5, 5.41) is 10.9. The van der Waals surface area contributed by atoms with E-state index < -0.39 is 36.2 Å². The molecule has 0 aliphatic carbocycles. The molecule has 2 aromatic carbocycles. The van der Waals surface area contributed by atoms with E-state index in [1.54, 1.807) is 25.3 Å². The maximum atomic E-state index is 13.6. The molecule has 0 radical (unpaired) electrons. The van der Waals surface area contributed by atoms with E-state index in [1.165, 1.54) is 7.11 Å². The molecule has 2 aromatic rings. The zero-order valence-corrected chi connectivity index (χ0v) is 24.5. The zero-order chi connectivity index (χ0) is 29.6. The van der Waals surface area contributed by atoms with Crippen LogP contribution in [0, 0.1) is 5.92 Å². The summed E-state index contributed by atoms with van der Waals surface area (Å²) in [4.78, 5) is 13.6. The molecule has 0 spiro atoms. The van der Waals surface area contributed by atoms with Gasteiger partial charge in [-0.1, -0.05) is 43.4 Å². The van der Waals surface area contributed by atoms with E-state index in [0.717, 1.165) is 11.3 Å². The summed E-state index contributed by atoms with van der Waals surface area (Å²) >= 11 is 0. The summed E-state index contributed by atoms with van der Waals surface area (Å²) in [5.74, 6) is -0.0229. The van der Waals surface area contributed by atoms with Crippen molar-refractivity contribution in [2.75, 3.05) is 21.0 Å². The third kappa shape index (κ3) is 7.89. The summed E-state index contributed by atoms with van der Waals surface area (Å²) in [6, 6.07) is 11.0. The lowest BCUT2D eigenvalue weighted by molar-refractivity contribution is -0.152. The van der Waals surface area contributed by atoms with Crippen molar-refractivity contribution in [3.05, 3.63) is 71.3 Å². The van der Waals surface area contributed by atoms with Gasteiger partial charge in [0, 0.05) is 19.1 Å². The molecular formula is C32H40O9. The molecule has 222 valence electrons. The van der Waals surface area contributed by atoms with Crippen molar-refractivity contribution in [2.24, 2.45) is 5.92 Å². The number of esters is 1. The standard InChI is InChI=1S/C32H40O9/c1-20-10-15-26(33)30-27(40-32(3,4)41-30)9-7-8-23-16-25(37-18-22-11-13-24(36-6)14-12-22)17-28(38-19-35-5)29(23)31(34)39-21(20)2/h7-8,10-17,20-21,26-27,30,33H,9,18-19H2,1-6H3/t20-,21+,26-,27+,30?/m1/s1. The molecule has 0 bridgehead atoms. The average molecular weight is 569 g/mol. The van der Waals surface area contributed by atoms with Crippen molar-refractivity contribution in [1.82, 2.24) is 0 Å². The van der Waals surface area contributed by atoms with Gasteiger partial charge in [-0.2, -0.15) is 0 Å². The largest absolute Gasteiger partial charge is 0.497 e. The third-order valence-corrected chi connectivity index (χ3v) is 7.08. The number of benzene rings is 2. The van der Waals surface area contributed by atoms with Gasteiger partial charge in [0.15, 0.2) is 12.6 Å². The Morgan fingerprint density at radius 1 is 1.00 bits per heavy atom. The first-order valence-electron chi connectivity index (χ1n) is 13.7. The van der Waals surface area contributed by atoms with Crippen LogP contribution < -0.4 is 14.2 Å². The second kappa shape index (κ2) is 13.5. The molecule has 0 amide bonds. The van der Waals surface area contributed by atoms with Gasteiger partial charge in [0.25, 0.3) is 0 Å². The molecule has 2 aliphatic heterocycles. The van der Waals surface area contributed by atoms with E-state index in [4.69, 9.17) is 33.2 Å². The summed E-state index contributed by atoms with van der Waals surface area (Å²) in [5.41, 5.74) is 1.76. The Morgan fingerprint density at radius 3 is 2.46 bits per heavy atom. The van der Waals surface area contributed by atoms with Crippen LogP contribution in [-0.4, -0.2) is 62.3 Å². The van der Waals surface area contributed by atoms with Crippen molar-refractivity contribution >= 4 is 12.0 Å². The SMILES string of the molecule is COCOc1cc(OCc2ccc(OC)cc2)cc2c1C(=O)O[C@@H](C)[C@H](C)C=C[C@@H](O)C1OC(C)(C)O[C@H]1CC=C2. The van der Waals surface area contributed by atoms with Crippen LogP contribution in [0.2, 0.25) is 0 Å². The quantitative estimate of drug-likeness (QED) is 0.271. The minimum atomic E-state index is -0.886. The Bertz CT molecular complexity index is 1230. The Kier molecular flexibility index (Phi) is 10.1. The first-order chi connectivity index (χ1) is 19.6. The Labute approximate surface area is 241 Å². The fraction of sp³-hybridized carbons (Fsp3) is 0.469. The zero-order valence-electron chi connectivity index (χ0n) is 24.5. The van der Waals surface area contributed by atoms with Gasteiger partial charge in [0.2, 0.25) is 0 Å². The first kappa shape index (κ1) is 30.6. The molecule has 9 heteroatoms. The average Bonchev–Trinajstić information content (AvgIpc) is 3.27. The van der Waals surface area contributed by atoms with Crippen LogP contribution in [-0.2, 0) is 25.6 Å². The number of cyclic esters (lactones) is 1. The maximum absolute atomic E-state index is 13.6. The molecule has 5 atom stereocenters. The van der Waals surface area contributed by atoms with Gasteiger partial charge in [-0.15, -0.1) is 0 Å². The minimum absolute atomic E-state index is 0.0675. The van der Waals surface area contributed by atoms with E-state index in [0.29, 0.717) is 24.3 Å². The van der Waals surface area contributed by atoms with Crippen molar-refractivity contribution in [2.45, 2.75) is 70.9 Å². The number of ether oxygens (including phenoxy) is 7. The second-order valence-electron chi connectivity index (χ2n) is 10.7. The van der Waals surface area contributed by atoms with E-state index in [-0.39, 0.29) is 24.0 Å². The van der Waals surface area contributed by atoms with Crippen LogP contribution in [0.3, 0.4) is 0 Å². The number of methoxy groups -OCH3 is 2. The maximum Gasteiger partial charge on any atom is 0.342 e. The second-order valence-corrected chi connectivity index (χ2v) is 10.7. The van der Waals surface area contributed by atoms with Crippen molar-refractivity contribution < 1.29 is 43.1 Å². The lowest BCUT2D eigenvalue weighted by Crippen LogP contribution is -2.34. The number of aliphatic hydroxyl groups excluding tert-OH is 1. The number of aliphatic hydroxyl groups is 1. The molecule has 0 aromatic heterocycles. The van der Waals surface area contributed by atoms with Crippen LogP contribution in [0.5, 0.6) is 17.2 Å². The monoisotopic (exact) mass is 568 g/mol. The molecule has 2 heterocycles. The van der Waals surface area contributed by atoms with Gasteiger partial charge in [-0.3, -0.25) is 0 Å². The highest BCUT2D eigenvalue weighted by Crippen LogP contribution is 2.35. The summed E-state index contributed by atoms with van der Waals surface area (Å²) in [6.45, 7) is 7.61. The Morgan fingerprint density at radius 2 is 1.76 bits per heavy atom. The molecule has 1 fully saturated rings. The Balaban J connectivity index is 1.71. The molecule has 41 heavy (non-hydrogen) atoms. The number of fused-ring (bicyclic) bond motifs is 2. The predicted molar refractivity (Wildman–Crippen MR) is 153 cm³/mol. The highest BCUT2D eigenvalue weighted by molar-refractivity contribution is 5.97. The number of carbonyl (C=O) groups is 1. The number of hydrogen-bond donors (Lipinski definition) is 1. The van der Waals surface area contributed by atoms with Gasteiger partial charge in [-0.25, -0.2) is 4.79 Å². The van der Waals surface area contributed by atoms with Crippen LogP contribution in [0.15, 0.2) is 54.6 Å². The van der Waals surface area contributed by atoms with Crippen molar-refractivity contribution in [3.63, 3.8) is 0 Å². The summed E-state index contributed by atoms with van der Waals surface area (Å²) < 4.78 is 40.3. The normalized spacial score (nSPS) is 25.9.